The summed E-state index contributed by atoms with van der Waals surface area (Å²) < 4.78 is 0. The lowest BCUT2D eigenvalue weighted by Gasteiger charge is -2.25. The molecule has 1 aromatic heterocycles. The number of hydrogen-bond donors (Lipinski definition) is 9. The van der Waals surface area contributed by atoms with Gasteiger partial charge in [-0.15, -0.1) is 0 Å². The van der Waals surface area contributed by atoms with Crippen LogP contribution in [0.25, 0.3) is 0 Å². The van der Waals surface area contributed by atoms with E-state index in [-0.39, 0.29) is 38.2 Å². The number of nitrogens with one attached hydrogen (secondary N) is 4. The number of carbonyl (C=O) groups is 5. The summed E-state index contributed by atoms with van der Waals surface area (Å²) in [6.07, 6.45) is 4.67. The molecule has 1 aromatic rings. The highest BCUT2D eigenvalue weighted by Crippen LogP contribution is 2.06. The minimum absolute atomic E-state index is 0.0394. The first-order valence-electron chi connectivity index (χ1n) is 11.6. The van der Waals surface area contributed by atoms with E-state index in [1.165, 1.54) is 24.3 Å². The van der Waals surface area contributed by atoms with Gasteiger partial charge in [-0.2, -0.15) is 11.8 Å². The van der Waals surface area contributed by atoms with Crippen LogP contribution in [0, 0.1) is 0 Å². The fourth-order valence-corrected chi connectivity index (χ4v) is 3.70. The zero-order chi connectivity index (χ0) is 28.7. The molecule has 1 rings (SSSR count). The van der Waals surface area contributed by atoms with E-state index >= 15 is 0 Å². The summed E-state index contributed by atoms with van der Waals surface area (Å²) in [5, 5.41) is 16.9. The molecule has 212 valence electrons. The monoisotopic (exact) mass is 556 g/mol. The van der Waals surface area contributed by atoms with Crippen molar-refractivity contribution in [1.82, 2.24) is 25.9 Å². The van der Waals surface area contributed by atoms with Crippen LogP contribution in [0.15, 0.2) is 17.5 Å². The Labute approximate surface area is 223 Å². The van der Waals surface area contributed by atoms with Crippen molar-refractivity contribution in [3.63, 3.8) is 0 Å². The minimum atomic E-state index is -1.29. The molecule has 13 N–H and O–H groups in total. The topological polar surface area (TPSA) is 287 Å². The fraction of sp³-hybridized carbons (Fsp3) is 0.571. The second-order valence-corrected chi connectivity index (χ2v) is 9.30. The van der Waals surface area contributed by atoms with Gasteiger partial charge in [-0.05, 0) is 31.3 Å². The standard InChI is InChI=1S/C21H36N10O6S/c1-38-6-4-14(20(36)37)30-19(35)15(7-11-9-26-10-28-11)31-18(34)13(3-2-5-27-21(24)25)29-17(33)12(22)8-16(23)32/h9-10,12-15H,2-8,22H2,1H3,(H2,23,32)(H,26,28)(H,29,33)(H,30,35)(H,31,34)(H,36,37)(H4,24,25,27). The maximum absolute atomic E-state index is 13.2. The Morgan fingerprint density at radius 2 is 1.66 bits per heavy atom. The van der Waals surface area contributed by atoms with Crippen molar-refractivity contribution in [2.24, 2.45) is 27.9 Å². The lowest BCUT2D eigenvalue weighted by Crippen LogP contribution is -2.57. The van der Waals surface area contributed by atoms with Gasteiger partial charge in [-0.25, -0.2) is 9.78 Å². The lowest BCUT2D eigenvalue weighted by molar-refractivity contribution is -0.142. The molecule has 0 spiro atoms. The van der Waals surface area contributed by atoms with Gasteiger partial charge in [-0.3, -0.25) is 24.2 Å². The Bertz CT molecular complexity index is 970. The predicted octanol–water partition coefficient (Wildman–Crippen LogP) is -3.50. The number of H-pyrrole nitrogens is 1. The Morgan fingerprint density at radius 1 is 1.03 bits per heavy atom. The highest BCUT2D eigenvalue weighted by molar-refractivity contribution is 7.98. The van der Waals surface area contributed by atoms with E-state index in [0.717, 1.165) is 0 Å². The zero-order valence-corrected chi connectivity index (χ0v) is 21.8. The maximum Gasteiger partial charge on any atom is 0.326 e. The molecule has 0 saturated carbocycles. The number of aromatic nitrogens is 2. The van der Waals surface area contributed by atoms with Gasteiger partial charge in [0.25, 0.3) is 0 Å². The fourth-order valence-electron chi connectivity index (χ4n) is 3.22. The zero-order valence-electron chi connectivity index (χ0n) is 21.0. The summed E-state index contributed by atoms with van der Waals surface area (Å²) in [5.41, 5.74) is 21.9. The number of rotatable bonds is 18. The average Bonchev–Trinajstić information content (AvgIpc) is 3.35. The SMILES string of the molecule is CSCCC(NC(=O)C(Cc1cnc[nH]1)NC(=O)C(CCCN=C(N)N)NC(=O)C(N)CC(N)=O)C(=O)O. The van der Waals surface area contributed by atoms with E-state index < -0.39 is 60.2 Å². The normalized spacial score (nSPS) is 13.8. The number of nitrogens with two attached hydrogens (primary N) is 4. The number of aromatic amines is 1. The molecule has 0 aromatic carbocycles. The Balaban J connectivity index is 3.09. The first kappa shape index (κ1) is 32.2. The molecule has 0 bridgehead atoms. The van der Waals surface area contributed by atoms with Crippen molar-refractivity contribution in [2.75, 3.05) is 18.6 Å². The summed E-state index contributed by atoms with van der Waals surface area (Å²) in [7, 11) is 0. The number of aliphatic carboxylic acids is 1. The maximum atomic E-state index is 13.2. The van der Waals surface area contributed by atoms with Crippen LogP contribution in [-0.2, 0) is 30.4 Å². The van der Waals surface area contributed by atoms with Crippen LogP contribution in [0.2, 0.25) is 0 Å². The largest absolute Gasteiger partial charge is 0.480 e. The van der Waals surface area contributed by atoms with Crippen LogP contribution >= 0.6 is 11.8 Å². The Kier molecular flexibility index (Phi) is 14.2. The number of nitrogens with zero attached hydrogens (tertiary/aromatic N) is 2. The van der Waals surface area contributed by atoms with E-state index in [9.17, 15) is 29.1 Å². The van der Waals surface area contributed by atoms with Gasteiger partial charge < -0.3 is 49.0 Å². The molecule has 1 heterocycles. The molecule has 4 amide bonds. The van der Waals surface area contributed by atoms with E-state index in [4.69, 9.17) is 22.9 Å². The van der Waals surface area contributed by atoms with Crippen LogP contribution in [0.4, 0.5) is 0 Å². The van der Waals surface area contributed by atoms with E-state index in [1.807, 2.05) is 0 Å². The first-order valence-corrected chi connectivity index (χ1v) is 13.0. The first-order chi connectivity index (χ1) is 17.9. The van der Waals surface area contributed by atoms with Crippen LogP contribution < -0.4 is 38.9 Å². The summed E-state index contributed by atoms with van der Waals surface area (Å²) in [5.74, 6) is -3.96. The predicted molar refractivity (Wildman–Crippen MR) is 140 cm³/mol. The van der Waals surface area contributed by atoms with Gasteiger partial charge in [-0.1, -0.05) is 0 Å². The number of carboxylic acid groups (broad SMARTS) is 1. The average molecular weight is 557 g/mol. The number of imidazole rings is 1. The van der Waals surface area contributed by atoms with Crippen LogP contribution in [0.5, 0.6) is 0 Å². The molecule has 0 aliphatic carbocycles. The van der Waals surface area contributed by atoms with Crippen molar-refractivity contribution in [3.05, 3.63) is 18.2 Å². The molecule has 4 unspecified atom stereocenters. The second-order valence-electron chi connectivity index (χ2n) is 8.31. The molecule has 0 aliphatic rings. The quantitative estimate of drug-likeness (QED) is 0.0485. The van der Waals surface area contributed by atoms with Crippen molar-refractivity contribution < 1.29 is 29.1 Å². The Morgan fingerprint density at radius 3 is 2.21 bits per heavy atom. The number of aliphatic imine (C=N–C) groups is 1. The number of thioether (sulfide) groups is 1. The Hall–Kier alpha value is -3.86. The molecule has 0 radical (unpaired) electrons. The summed E-state index contributed by atoms with van der Waals surface area (Å²) in [6.45, 7) is 0.156. The highest BCUT2D eigenvalue weighted by atomic mass is 32.2. The molecule has 38 heavy (non-hydrogen) atoms. The van der Waals surface area contributed by atoms with E-state index in [0.29, 0.717) is 11.4 Å². The second kappa shape index (κ2) is 16.8. The van der Waals surface area contributed by atoms with E-state index in [1.54, 1.807) is 6.26 Å². The highest BCUT2D eigenvalue weighted by Gasteiger charge is 2.30. The molecule has 0 saturated heterocycles. The van der Waals surface area contributed by atoms with Crippen molar-refractivity contribution in [2.45, 2.75) is 56.3 Å². The van der Waals surface area contributed by atoms with Gasteiger partial charge in [0.05, 0.1) is 18.8 Å². The van der Waals surface area contributed by atoms with Gasteiger partial charge in [0.1, 0.15) is 18.1 Å². The summed E-state index contributed by atoms with van der Waals surface area (Å²) in [4.78, 5) is 72.0. The van der Waals surface area contributed by atoms with Crippen LogP contribution in [-0.4, -0.2) is 93.4 Å². The van der Waals surface area contributed by atoms with Crippen molar-refractivity contribution >= 4 is 47.3 Å². The number of amides is 4. The molecule has 4 atom stereocenters. The van der Waals surface area contributed by atoms with Crippen molar-refractivity contribution in [1.29, 1.82) is 0 Å². The molecular formula is C21H36N10O6S. The van der Waals surface area contributed by atoms with Crippen LogP contribution in [0.3, 0.4) is 0 Å². The van der Waals surface area contributed by atoms with Gasteiger partial charge in [0, 0.05) is 24.9 Å². The molecule has 17 heteroatoms. The summed E-state index contributed by atoms with van der Waals surface area (Å²) >= 11 is 1.42. The third-order valence-corrected chi connectivity index (χ3v) is 5.82. The third kappa shape index (κ3) is 12.4. The molecular weight excluding hydrogens is 520 g/mol. The molecule has 0 aliphatic heterocycles. The lowest BCUT2D eigenvalue weighted by atomic mass is 10.1. The number of hydrogen-bond acceptors (Lipinski definition) is 9. The number of carbonyl (C=O) groups excluding carboxylic acids is 4. The smallest absolute Gasteiger partial charge is 0.326 e. The van der Waals surface area contributed by atoms with Crippen LogP contribution in [0.1, 0.15) is 31.4 Å². The van der Waals surface area contributed by atoms with Gasteiger partial charge >= 0.3 is 5.97 Å². The minimum Gasteiger partial charge on any atom is -0.480 e. The van der Waals surface area contributed by atoms with E-state index in [2.05, 4.69) is 30.9 Å². The van der Waals surface area contributed by atoms with Crippen molar-refractivity contribution in [3.8, 4) is 0 Å². The number of carboxylic acids is 1. The number of primary amides is 1. The summed E-state index contributed by atoms with van der Waals surface area (Å²) in [6, 6.07) is -4.86. The van der Waals surface area contributed by atoms with Gasteiger partial charge in [0.15, 0.2) is 5.96 Å². The third-order valence-electron chi connectivity index (χ3n) is 5.17. The molecule has 0 fully saturated rings. The number of guanidine groups is 1. The molecule has 16 nitrogen and oxygen atoms in total. The van der Waals surface area contributed by atoms with Gasteiger partial charge in [0.2, 0.25) is 23.6 Å².